The van der Waals surface area contributed by atoms with Gasteiger partial charge in [-0.3, -0.25) is 0 Å². The van der Waals surface area contributed by atoms with Gasteiger partial charge in [-0.25, -0.2) is 4.79 Å². The van der Waals surface area contributed by atoms with Gasteiger partial charge < -0.3 is 15.2 Å². The summed E-state index contributed by atoms with van der Waals surface area (Å²) in [5, 5.41) is 0. The third-order valence-electron chi connectivity index (χ3n) is 2.77. The molecule has 0 atom stereocenters. The Morgan fingerprint density at radius 2 is 1.70 bits per heavy atom. The van der Waals surface area contributed by atoms with Crippen LogP contribution in [0.25, 0.3) is 0 Å². The monoisotopic (exact) mass is 277 g/mol. The Morgan fingerprint density at radius 3 is 2.30 bits per heavy atom. The SMILES string of the molecule is C=C(C)C(=O)OCCCCCCOc1ccc(N)cc1. The Balaban J connectivity index is 1.96. The molecular formula is C16H23NO3. The van der Waals surface area contributed by atoms with Crippen LogP contribution in [-0.2, 0) is 9.53 Å². The molecule has 1 aromatic rings. The maximum atomic E-state index is 11.1. The van der Waals surface area contributed by atoms with Crippen LogP contribution in [0, 0.1) is 0 Å². The Labute approximate surface area is 120 Å². The average Bonchev–Trinajstić information content (AvgIpc) is 2.43. The van der Waals surface area contributed by atoms with Gasteiger partial charge in [0, 0.05) is 11.3 Å². The second kappa shape index (κ2) is 9.02. The van der Waals surface area contributed by atoms with Gasteiger partial charge in [-0.05, 0) is 56.9 Å². The quantitative estimate of drug-likeness (QED) is 0.325. The number of nitrogen functional groups attached to an aromatic ring is 1. The number of carbonyl (C=O) groups is 1. The number of esters is 1. The summed E-state index contributed by atoms with van der Waals surface area (Å²) in [6.07, 6.45) is 3.94. The molecule has 20 heavy (non-hydrogen) atoms. The fourth-order valence-electron chi connectivity index (χ4n) is 1.60. The number of nitrogens with two attached hydrogens (primary N) is 1. The first kappa shape index (κ1) is 16.1. The number of hydrogen-bond acceptors (Lipinski definition) is 4. The second-order valence-corrected chi connectivity index (χ2v) is 4.75. The van der Waals surface area contributed by atoms with E-state index in [1.54, 1.807) is 6.92 Å². The van der Waals surface area contributed by atoms with Gasteiger partial charge in [-0.2, -0.15) is 0 Å². The molecule has 0 radical (unpaired) electrons. The van der Waals surface area contributed by atoms with E-state index in [-0.39, 0.29) is 5.97 Å². The van der Waals surface area contributed by atoms with E-state index in [4.69, 9.17) is 15.2 Å². The zero-order chi connectivity index (χ0) is 14.8. The van der Waals surface area contributed by atoms with Gasteiger partial charge in [0.1, 0.15) is 5.75 Å². The minimum Gasteiger partial charge on any atom is -0.494 e. The summed E-state index contributed by atoms with van der Waals surface area (Å²) < 4.78 is 10.6. The zero-order valence-electron chi connectivity index (χ0n) is 12.1. The molecule has 0 aliphatic heterocycles. The Bertz CT molecular complexity index is 426. The molecule has 0 aliphatic carbocycles. The minimum atomic E-state index is -0.309. The van der Waals surface area contributed by atoms with Crippen molar-refractivity contribution in [2.75, 3.05) is 18.9 Å². The largest absolute Gasteiger partial charge is 0.494 e. The molecule has 4 nitrogen and oxygen atoms in total. The molecule has 1 aromatic carbocycles. The number of hydrogen-bond donors (Lipinski definition) is 1. The molecule has 0 heterocycles. The van der Waals surface area contributed by atoms with Gasteiger partial charge in [-0.15, -0.1) is 0 Å². The molecular weight excluding hydrogens is 254 g/mol. The summed E-state index contributed by atoms with van der Waals surface area (Å²) in [6.45, 7) is 6.33. The third kappa shape index (κ3) is 6.83. The van der Waals surface area contributed by atoms with Crippen molar-refractivity contribution in [3.8, 4) is 5.75 Å². The van der Waals surface area contributed by atoms with Crippen molar-refractivity contribution in [3.63, 3.8) is 0 Å². The molecule has 0 spiro atoms. The fourth-order valence-corrected chi connectivity index (χ4v) is 1.60. The molecule has 0 fully saturated rings. The van der Waals surface area contributed by atoms with E-state index in [0.717, 1.165) is 37.1 Å². The maximum Gasteiger partial charge on any atom is 0.333 e. The Kier molecular flexibility index (Phi) is 7.25. The average molecular weight is 277 g/mol. The maximum absolute atomic E-state index is 11.1. The molecule has 0 saturated heterocycles. The van der Waals surface area contributed by atoms with Crippen LogP contribution in [0.2, 0.25) is 0 Å². The van der Waals surface area contributed by atoms with Gasteiger partial charge in [-0.1, -0.05) is 6.58 Å². The summed E-state index contributed by atoms with van der Waals surface area (Å²) in [6, 6.07) is 7.38. The van der Waals surface area contributed by atoms with E-state index in [0.29, 0.717) is 18.8 Å². The lowest BCUT2D eigenvalue weighted by atomic mass is 10.2. The number of rotatable bonds is 9. The molecule has 110 valence electrons. The molecule has 2 N–H and O–H groups in total. The predicted molar refractivity (Wildman–Crippen MR) is 80.6 cm³/mol. The van der Waals surface area contributed by atoms with Crippen molar-refractivity contribution >= 4 is 11.7 Å². The van der Waals surface area contributed by atoms with Gasteiger partial charge in [0.15, 0.2) is 0 Å². The van der Waals surface area contributed by atoms with Crippen LogP contribution in [0.4, 0.5) is 5.69 Å². The topological polar surface area (TPSA) is 61.5 Å². The Hall–Kier alpha value is -1.97. The van der Waals surface area contributed by atoms with Crippen molar-refractivity contribution in [1.82, 2.24) is 0 Å². The lowest BCUT2D eigenvalue weighted by Gasteiger charge is -2.07. The van der Waals surface area contributed by atoms with E-state index in [1.807, 2.05) is 24.3 Å². The normalized spacial score (nSPS) is 10.1. The van der Waals surface area contributed by atoms with Crippen molar-refractivity contribution in [2.24, 2.45) is 0 Å². The molecule has 0 aliphatic rings. The highest BCUT2D eigenvalue weighted by Gasteiger charge is 2.01. The molecule has 0 amide bonds. The highest BCUT2D eigenvalue weighted by molar-refractivity contribution is 5.86. The lowest BCUT2D eigenvalue weighted by molar-refractivity contribution is -0.139. The van der Waals surface area contributed by atoms with E-state index in [9.17, 15) is 4.79 Å². The summed E-state index contributed by atoms with van der Waals surface area (Å²) in [5.74, 6) is 0.534. The number of anilines is 1. The fraction of sp³-hybridized carbons (Fsp3) is 0.438. The van der Waals surface area contributed by atoms with Gasteiger partial charge >= 0.3 is 5.97 Å². The molecule has 0 bridgehead atoms. The summed E-state index contributed by atoms with van der Waals surface area (Å²) in [7, 11) is 0. The first-order valence-corrected chi connectivity index (χ1v) is 6.90. The van der Waals surface area contributed by atoms with Gasteiger partial charge in [0.05, 0.1) is 13.2 Å². The molecule has 1 rings (SSSR count). The van der Waals surface area contributed by atoms with Crippen LogP contribution < -0.4 is 10.5 Å². The zero-order valence-corrected chi connectivity index (χ0v) is 12.1. The second-order valence-electron chi connectivity index (χ2n) is 4.75. The van der Waals surface area contributed by atoms with E-state index >= 15 is 0 Å². The molecule has 4 heteroatoms. The van der Waals surface area contributed by atoms with Crippen LogP contribution >= 0.6 is 0 Å². The smallest absolute Gasteiger partial charge is 0.333 e. The summed E-state index contributed by atoms with van der Waals surface area (Å²) in [5.41, 5.74) is 6.78. The van der Waals surface area contributed by atoms with Crippen molar-refractivity contribution in [2.45, 2.75) is 32.6 Å². The van der Waals surface area contributed by atoms with Crippen LogP contribution in [0.15, 0.2) is 36.4 Å². The van der Waals surface area contributed by atoms with E-state index in [2.05, 4.69) is 6.58 Å². The summed E-state index contributed by atoms with van der Waals surface area (Å²) in [4.78, 5) is 11.1. The highest BCUT2D eigenvalue weighted by atomic mass is 16.5. The number of benzene rings is 1. The van der Waals surface area contributed by atoms with Crippen molar-refractivity contribution in [1.29, 1.82) is 0 Å². The lowest BCUT2D eigenvalue weighted by Crippen LogP contribution is -2.06. The minimum absolute atomic E-state index is 0.309. The summed E-state index contributed by atoms with van der Waals surface area (Å²) >= 11 is 0. The standard InChI is InChI=1S/C16H23NO3/c1-13(2)16(18)20-12-6-4-3-5-11-19-15-9-7-14(17)8-10-15/h7-10H,1,3-6,11-12,17H2,2H3. The van der Waals surface area contributed by atoms with Gasteiger partial charge in [0.2, 0.25) is 0 Å². The van der Waals surface area contributed by atoms with Crippen LogP contribution in [0.5, 0.6) is 5.75 Å². The van der Waals surface area contributed by atoms with Gasteiger partial charge in [0.25, 0.3) is 0 Å². The molecule has 0 unspecified atom stereocenters. The Morgan fingerprint density at radius 1 is 1.10 bits per heavy atom. The molecule has 0 aromatic heterocycles. The number of ether oxygens (including phenoxy) is 2. The van der Waals surface area contributed by atoms with Crippen LogP contribution in [0.3, 0.4) is 0 Å². The van der Waals surface area contributed by atoms with Crippen LogP contribution in [0.1, 0.15) is 32.6 Å². The first-order valence-electron chi connectivity index (χ1n) is 6.90. The predicted octanol–water partition coefficient (Wildman–Crippen LogP) is 3.33. The molecule has 0 saturated carbocycles. The van der Waals surface area contributed by atoms with Crippen molar-refractivity contribution in [3.05, 3.63) is 36.4 Å². The highest BCUT2D eigenvalue weighted by Crippen LogP contribution is 2.13. The third-order valence-corrected chi connectivity index (χ3v) is 2.77. The van der Waals surface area contributed by atoms with Crippen LogP contribution in [-0.4, -0.2) is 19.2 Å². The number of unbranched alkanes of at least 4 members (excludes halogenated alkanes) is 3. The first-order chi connectivity index (χ1) is 9.59. The van der Waals surface area contributed by atoms with Crippen molar-refractivity contribution < 1.29 is 14.3 Å². The number of carbonyl (C=O) groups excluding carboxylic acids is 1. The van der Waals surface area contributed by atoms with E-state index < -0.39 is 0 Å². The van der Waals surface area contributed by atoms with E-state index in [1.165, 1.54) is 0 Å².